The average Bonchev–Trinajstić information content (AvgIpc) is 2.93. The van der Waals surface area contributed by atoms with Crippen LogP contribution in [0.25, 0.3) is 22.0 Å². The summed E-state index contributed by atoms with van der Waals surface area (Å²) in [6, 6.07) is 17.8. The Morgan fingerprint density at radius 1 is 1.00 bits per heavy atom. The first-order chi connectivity index (χ1) is 19.2. The van der Waals surface area contributed by atoms with Gasteiger partial charge in [-0.1, -0.05) is 42.8 Å². The molecular formula is C29H30ClN5O4S. The van der Waals surface area contributed by atoms with Crippen molar-refractivity contribution in [1.29, 1.82) is 0 Å². The number of fused-ring (bicyclic) bond motifs is 1. The van der Waals surface area contributed by atoms with Gasteiger partial charge in [0.05, 0.1) is 10.5 Å². The smallest absolute Gasteiger partial charge is 0.404 e. The molecule has 1 aliphatic carbocycles. The second-order valence-corrected chi connectivity index (χ2v) is 11.9. The van der Waals surface area contributed by atoms with Crippen LogP contribution >= 0.6 is 11.6 Å². The molecule has 0 atom stereocenters. The summed E-state index contributed by atoms with van der Waals surface area (Å²) in [7, 11) is -3.81. The molecule has 1 heterocycles. The molecule has 0 unspecified atom stereocenters. The lowest BCUT2D eigenvalue weighted by molar-refractivity contribution is 0.185. The summed E-state index contributed by atoms with van der Waals surface area (Å²) >= 11 is 6.08. The van der Waals surface area contributed by atoms with E-state index >= 15 is 0 Å². The molecule has 1 aromatic heterocycles. The Labute approximate surface area is 238 Å². The highest BCUT2D eigenvalue weighted by Gasteiger charge is 2.23. The Hall–Kier alpha value is -3.89. The largest absolute Gasteiger partial charge is 0.465 e. The number of hydrogen-bond donors (Lipinski definition) is 4. The summed E-state index contributed by atoms with van der Waals surface area (Å²) in [5, 5.41) is 16.0. The number of anilines is 2. The zero-order valence-electron chi connectivity index (χ0n) is 21.9. The Bertz CT molecular complexity index is 1640. The van der Waals surface area contributed by atoms with E-state index in [9.17, 15) is 13.2 Å². The number of carboxylic acid groups (broad SMARTS) is 1. The third-order valence-electron chi connectivity index (χ3n) is 7.13. The molecular weight excluding hydrogens is 550 g/mol. The van der Waals surface area contributed by atoms with Crippen LogP contribution in [0.1, 0.15) is 38.2 Å². The van der Waals surface area contributed by atoms with Crippen LogP contribution in [-0.4, -0.2) is 41.7 Å². The summed E-state index contributed by atoms with van der Waals surface area (Å²) in [5.41, 5.74) is 4.32. The Morgan fingerprint density at radius 3 is 2.38 bits per heavy atom. The summed E-state index contributed by atoms with van der Waals surface area (Å²) in [4.78, 5) is 20.3. The van der Waals surface area contributed by atoms with Crippen molar-refractivity contribution in [3.8, 4) is 11.1 Å². The molecule has 5 rings (SSSR count). The highest BCUT2D eigenvalue weighted by molar-refractivity contribution is 7.92. The molecule has 11 heteroatoms. The number of carbonyl (C=O) groups is 1. The second kappa shape index (κ2) is 11.7. The van der Waals surface area contributed by atoms with Gasteiger partial charge in [-0.25, -0.2) is 23.2 Å². The van der Waals surface area contributed by atoms with Gasteiger partial charge < -0.3 is 15.7 Å². The molecule has 208 valence electrons. The van der Waals surface area contributed by atoms with Crippen LogP contribution in [-0.2, 0) is 16.4 Å². The number of hydrogen-bond acceptors (Lipinski definition) is 6. The van der Waals surface area contributed by atoms with Crippen molar-refractivity contribution in [2.75, 3.05) is 10.0 Å². The molecule has 1 fully saturated rings. The fourth-order valence-electron chi connectivity index (χ4n) is 5.07. The normalized spacial score (nSPS) is 17.4. The van der Waals surface area contributed by atoms with Gasteiger partial charge >= 0.3 is 6.09 Å². The number of aromatic nitrogens is 2. The Morgan fingerprint density at radius 2 is 1.70 bits per heavy atom. The first-order valence-electron chi connectivity index (χ1n) is 13.2. The van der Waals surface area contributed by atoms with Crippen molar-refractivity contribution in [3.63, 3.8) is 0 Å². The third kappa shape index (κ3) is 6.29. The number of nitrogens with one attached hydrogen (secondary N) is 3. The quantitative estimate of drug-likeness (QED) is 0.192. The SMILES string of the molecule is CCc1cc(-c2ccc(NS(=O)(=O)c3ccccc3Cl)cc2)cc2cnc(N[C@H]3CC[C@H](NC(=O)O)CC3)nc12. The Kier molecular flexibility index (Phi) is 8.09. The van der Waals surface area contributed by atoms with E-state index in [0.29, 0.717) is 11.6 Å². The van der Waals surface area contributed by atoms with Gasteiger partial charge in [0.25, 0.3) is 10.0 Å². The first kappa shape index (κ1) is 27.7. The number of amides is 1. The van der Waals surface area contributed by atoms with Gasteiger partial charge in [-0.15, -0.1) is 0 Å². The second-order valence-electron chi connectivity index (χ2n) is 9.88. The zero-order valence-corrected chi connectivity index (χ0v) is 23.5. The van der Waals surface area contributed by atoms with E-state index in [2.05, 4.69) is 33.3 Å². The lowest BCUT2D eigenvalue weighted by Gasteiger charge is -2.28. The van der Waals surface area contributed by atoms with Crippen LogP contribution in [0.4, 0.5) is 16.4 Å². The van der Waals surface area contributed by atoms with Crippen LogP contribution in [0.2, 0.25) is 5.02 Å². The molecule has 0 saturated heterocycles. The molecule has 3 aromatic carbocycles. The van der Waals surface area contributed by atoms with Crippen LogP contribution < -0.4 is 15.4 Å². The minimum Gasteiger partial charge on any atom is -0.465 e. The number of nitrogens with zero attached hydrogens (tertiary/aromatic N) is 2. The standard InChI is InChI=1S/C29H30ClN5O4S/c1-2-18-15-20(19-7-9-24(10-8-19)35-40(38,39)26-6-4-3-5-25(26)30)16-21-17-31-28(34-27(18)21)32-22-11-13-23(14-12-22)33-29(36)37/h3-10,15-17,22-23,33,35H,2,11-14H2,1H3,(H,36,37)(H,31,32,34)/t22-,23-. The fraction of sp³-hybridized carbons (Fsp3) is 0.276. The zero-order chi connectivity index (χ0) is 28.3. The predicted octanol–water partition coefficient (Wildman–Crippen LogP) is 6.30. The van der Waals surface area contributed by atoms with Crippen molar-refractivity contribution >= 4 is 50.3 Å². The minimum absolute atomic E-state index is 0.00482. The Balaban J connectivity index is 1.32. The number of benzene rings is 3. The van der Waals surface area contributed by atoms with Gasteiger partial charge in [0, 0.05) is 29.4 Å². The fourth-order valence-corrected chi connectivity index (χ4v) is 6.65. The molecule has 4 N–H and O–H groups in total. The maximum Gasteiger partial charge on any atom is 0.404 e. The molecule has 1 saturated carbocycles. The van der Waals surface area contributed by atoms with Crippen molar-refractivity contribution in [1.82, 2.24) is 15.3 Å². The number of sulfonamides is 1. The maximum absolute atomic E-state index is 12.8. The number of aryl methyl sites for hydroxylation is 1. The molecule has 1 aliphatic rings. The van der Waals surface area contributed by atoms with E-state index in [4.69, 9.17) is 21.7 Å². The van der Waals surface area contributed by atoms with Crippen molar-refractivity contribution in [2.24, 2.45) is 0 Å². The summed E-state index contributed by atoms with van der Waals surface area (Å²) in [5.74, 6) is 0.569. The lowest BCUT2D eigenvalue weighted by atomic mass is 9.91. The topological polar surface area (TPSA) is 133 Å². The molecule has 0 spiro atoms. The van der Waals surface area contributed by atoms with E-state index < -0.39 is 16.1 Å². The molecule has 4 aromatic rings. The highest BCUT2D eigenvalue weighted by Crippen LogP contribution is 2.30. The molecule has 40 heavy (non-hydrogen) atoms. The summed E-state index contributed by atoms with van der Waals surface area (Å²) < 4.78 is 28.1. The molecule has 1 amide bonds. The van der Waals surface area contributed by atoms with Crippen LogP contribution in [0.3, 0.4) is 0 Å². The first-order valence-corrected chi connectivity index (χ1v) is 15.0. The van der Waals surface area contributed by atoms with E-state index in [1.54, 1.807) is 30.3 Å². The van der Waals surface area contributed by atoms with Gasteiger partial charge in [-0.05, 0) is 85.2 Å². The van der Waals surface area contributed by atoms with E-state index in [1.165, 1.54) is 6.07 Å². The minimum atomic E-state index is -3.81. The van der Waals surface area contributed by atoms with Gasteiger partial charge in [-0.2, -0.15) is 0 Å². The van der Waals surface area contributed by atoms with Crippen LogP contribution in [0.5, 0.6) is 0 Å². The molecule has 0 aliphatic heterocycles. The van der Waals surface area contributed by atoms with Crippen molar-refractivity contribution in [2.45, 2.75) is 56.0 Å². The summed E-state index contributed by atoms with van der Waals surface area (Å²) in [6.45, 7) is 2.08. The van der Waals surface area contributed by atoms with Gasteiger partial charge in [-0.3, -0.25) is 4.72 Å². The van der Waals surface area contributed by atoms with E-state index in [-0.39, 0.29) is 22.0 Å². The third-order valence-corrected chi connectivity index (χ3v) is 9.01. The van der Waals surface area contributed by atoms with Crippen LogP contribution in [0, 0.1) is 0 Å². The molecule has 0 radical (unpaired) electrons. The molecule has 0 bridgehead atoms. The monoisotopic (exact) mass is 579 g/mol. The van der Waals surface area contributed by atoms with E-state index in [1.807, 2.05) is 24.4 Å². The maximum atomic E-state index is 12.8. The average molecular weight is 580 g/mol. The molecule has 9 nitrogen and oxygen atoms in total. The van der Waals surface area contributed by atoms with Crippen molar-refractivity contribution in [3.05, 3.63) is 77.4 Å². The predicted molar refractivity (Wildman–Crippen MR) is 157 cm³/mol. The van der Waals surface area contributed by atoms with Crippen molar-refractivity contribution < 1.29 is 18.3 Å². The van der Waals surface area contributed by atoms with Gasteiger partial charge in [0.2, 0.25) is 5.95 Å². The highest BCUT2D eigenvalue weighted by atomic mass is 35.5. The van der Waals surface area contributed by atoms with Gasteiger partial charge in [0.1, 0.15) is 4.90 Å². The summed E-state index contributed by atoms with van der Waals surface area (Å²) in [6.07, 6.45) is 4.87. The lowest BCUT2D eigenvalue weighted by Crippen LogP contribution is -2.39. The number of halogens is 1. The van der Waals surface area contributed by atoms with Crippen LogP contribution in [0.15, 0.2) is 71.8 Å². The van der Waals surface area contributed by atoms with E-state index in [0.717, 1.165) is 59.7 Å². The number of rotatable bonds is 8. The van der Waals surface area contributed by atoms with Gasteiger partial charge in [0.15, 0.2) is 0 Å².